The molecule has 3 aromatic carbocycles. The Morgan fingerprint density at radius 2 is 1.81 bits per heavy atom. The maximum Gasteiger partial charge on any atom is 0.409 e. The molecule has 1 unspecified atom stereocenters. The lowest BCUT2D eigenvalue weighted by molar-refractivity contribution is -0.117. The number of rotatable bonds is 10. The van der Waals surface area contributed by atoms with Gasteiger partial charge in [0.2, 0.25) is 5.91 Å². The van der Waals surface area contributed by atoms with Crippen LogP contribution in [0.4, 0.5) is 10.5 Å². The number of carbonyl (C=O) groups excluding carboxylic acids is 1. The number of halogens is 1. The molecule has 1 atom stereocenters. The third-order valence-electron chi connectivity index (χ3n) is 6.44. The van der Waals surface area contributed by atoms with Gasteiger partial charge < -0.3 is 10.4 Å². The highest BCUT2D eigenvalue weighted by atomic mass is 35.5. The van der Waals surface area contributed by atoms with E-state index in [1.165, 1.54) is 17.1 Å². The van der Waals surface area contributed by atoms with Gasteiger partial charge in [-0.05, 0) is 76.5 Å². The quantitative estimate of drug-likeness (QED) is 0.177. The Hall–Kier alpha value is -5.68. The molecule has 0 spiro atoms. The Morgan fingerprint density at radius 3 is 2.51 bits per heavy atom. The van der Waals surface area contributed by atoms with Gasteiger partial charge in [-0.15, -0.1) is 5.10 Å². The van der Waals surface area contributed by atoms with E-state index in [9.17, 15) is 9.59 Å². The predicted octanol–water partition coefficient (Wildman–Crippen LogP) is 5.62. The van der Waals surface area contributed by atoms with Gasteiger partial charge in [0, 0.05) is 27.9 Å². The SMILES string of the molecule is C=Cc1nnc(C(Cc2ccccc2)NC(=O)C=Cc2cc(Cl)ccc2-n2cnnn2)cc1-c1ccc(NC(=O)O)cc1. The van der Waals surface area contributed by atoms with Gasteiger partial charge in [0.1, 0.15) is 6.33 Å². The van der Waals surface area contributed by atoms with E-state index in [0.717, 1.165) is 16.7 Å². The molecule has 0 saturated heterocycles. The van der Waals surface area contributed by atoms with E-state index in [1.54, 1.807) is 54.6 Å². The van der Waals surface area contributed by atoms with Crippen LogP contribution < -0.4 is 10.6 Å². The third kappa shape index (κ3) is 7.34. The number of tetrazole rings is 1. The van der Waals surface area contributed by atoms with Gasteiger partial charge in [0.05, 0.1) is 23.1 Å². The van der Waals surface area contributed by atoms with E-state index in [0.29, 0.717) is 39.8 Å². The molecule has 0 aliphatic carbocycles. The Morgan fingerprint density at radius 1 is 1.02 bits per heavy atom. The molecule has 5 rings (SSSR count). The molecule has 5 aromatic rings. The minimum atomic E-state index is -1.15. The molecule has 2 aromatic heterocycles. The first-order chi connectivity index (χ1) is 20.9. The Balaban J connectivity index is 1.45. The highest BCUT2D eigenvalue weighted by molar-refractivity contribution is 6.30. The summed E-state index contributed by atoms with van der Waals surface area (Å²) in [6, 6.07) is 23.1. The summed E-state index contributed by atoms with van der Waals surface area (Å²) in [6.45, 7) is 3.85. The first-order valence-corrected chi connectivity index (χ1v) is 13.4. The van der Waals surface area contributed by atoms with Crippen molar-refractivity contribution in [2.24, 2.45) is 0 Å². The zero-order chi connectivity index (χ0) is 30.2. The molecule has 12 heteroatoms. The average Bonchev–Trinajstić information content (AvgIpc) is 3.55. The minimum absolute atomic E-state index is 0.358. The molecular formula is C31H25ClN8O3. The highest BCUT2D eigenvalue weighted by Crippen LogP contribution is 2.28. The summed E-state index contributed by atoms with van der Waals surface area (Å²) in [5.74, 6) is -0.358. The predicted molar refractivity (Wildman–Crippen MR) is 163 cm³/mol. The fourth-order valence-corrected chi connectivity index (χ4v) is 4.61. The number of hydrogen-bond donors (Lipinski definition) is 3. The molecule has 0 aliphatic heterocycles. The van der Waals surface area contributed by atoms with E-state index in [4.69, 9.17) is 16.7 Å². The van der Waals surface area contributed by atoms with Crippen LogP contribution in [0, 0.1) is 0 Å². The summed E-state index contributed by atoms with van der Waals surface area (Å²) in [6.07, 6.45) is 5.41. The summed E-state index contributed by atoms with van der Waals surface area (Å²) in [5, 5.41) is 35.0. The maximum atomic E-state index is 13.3. The third-order valence-corrected chi connectivity index (χ3v) is 6.67. The minimum Gasteiger partial charge on any atom is -0.465 e. The van der Waals surface area contributed by atoms with Gasteiger partial charge >= 0.3 is 6.09 Å². The van der Waals surface area contributed by atoms with Crippen molar-refractivity contribution in [1.82, 2.24) is 35.7 Å². The second-order valence-electron chi connectivity index (χ2n) is 9.32. The maximum absolute atomic E-state index is 13.3. The standard InChI is InChI=1S/C31H25ClN8O3/c1-2-26-25(21-8-12-24(13-9-21)34-31(42)43)18-28(37-36-26)27(16-20-6-4-3-5-7-20)35-30(41)15-10-22-17-23(32)11-14-29(22)40-19-33-38-39-40/h2-15,17-19,27,34H,1,16H2,(H,35,41)(H,42,43). The lowest BCUT2D eigenvalue weighted by Gasteiger charge is -2.19. The molecule has 0 aliphatic rings. The first-order valence-electron chi connectivity index (χ1n) is 13.1. The number of anilines is 1. The number of aromatic nitrogens is 6. The fourth-order valence-electron chi connectivity index (χ4n) is 4.43. The molecule has 214 valence electrons. The van der Waals surface area contributed by atoms with Gasteiger partial charge in [-0.25, -0.2) is 4.79 Å². The van der Waals surface area contributed by atoms with Crippen LogP contribution in [0.3, 0.4) is 0 Å². The lowest BCUT2D eigenvalue weighted by Crippen LogP contribution is -2.29. The first kappa shape index (κ1) is 28.8. The van der Waals surface area contributed by atoms with Crippen LogP contribution in [-0.2, 0) is 11.2 Å². The summed E-state index contributed by atoms with van der Waals surface area (Å²) >= 11 is 6.22. The topological polar surface area (TPSA) is 148 Å². The van der Waals surface area contributed by atoms with Gasteiger partial charge in [-0.1, -0.05) is 60.6 Å². The fraction of sp³-hybridized carbons (Fsp3) is 0.0645. The number of benzene rings is 3. The lowest BCUT2D eigenvalue weighted by atomic mass is 9.98. The van der Waals surface area contributed by atoms with E-state index in [2.05, 4.69) is 42.9 Å². The van der Waals surface area contributed by atoms with Gasteiger partial charge in [-0.3, -0.25) is 10.1 Å². The van der Waals surface area contributed by atoms with E-state index >= 15 is 0 Å². The second kappa shape index (κ2) is 13.3. The zero-order valence-electron chi connectivity index (χ0n) is 22.6. The van der Waals surface area contributed by atoms with Crippen LogP contribution in [0.1, 0.15) is 28.6 Å². The summed E-state index contributed by atoms with van der Waals surface area (Å²) in [7, 11) is 0. The van der Waals surface area contributed by atoms with Crippen LogP contribution in [0.15, 0.2) is 97.8 Å². The second-order valence-corrected chi connectivity index (χ2v) is 9.76. The molecule has 0 fully saturated rings. The number of hydrogen-bond acceptors (Lipinski definition) is 7. The molecule has 11 nitrogen and oxygen atoms in total. The van der Waals surface area contributed by atoms with Gasteiger partial charge in [0.25, 0.3) is 0 Å². The van der Waals surface area contributed by atoms with Crippen molar-refractivity contribution in [3.63, 3.8) is 0 Å². The van der Waals surface area contributed by atoms with E-state index in [-0.39, 0.29) is 5.91 Å². The van der Waals surface area contributed by atoms with Crippen LogP contribution in [-0.4, -0.2) is 47.5 Å². The number of nitrogens with one attached hydrogen (secondary N) is 2. The van der Waals surface area contributed by atoms with Gasteiger partial charge in [0.15, 0.2) is 0 Å². The van der Waals surface area contributed by atoms with E-state index in [1.807, 2.05) is 36.4 Å². The zero-order valence-corrected chi connectivity index (χ0v) is 23.4. The van der Waals surface area contributed by atoms with Crippen molar-refractivity contribution in [2.75, 3.05) is 5.32 Å². The highest BCUT2D eigenvalue weighted by Gasteiger charge is 2.19. The van der Waals surface area contributed by atoms with Crippen molar-refractivity contribution < 1.29 is 14.7 Å². The number of amides is 2. The largest absolute Gasteiger partial charge is 0.465 e. The Labute approximate surface area is 251 Å². The monoisotopic (exact) mass is 592 g/mol. The normalized spacial score (nSPS) is 11.7. The molecular weight excluding hydrogens is 568 g/mol. The molecule has 0 saturated carbocycles. The molecule has 3 N–H and O–H groups in total. The number of nitrogens with zero attached hydrogens (tertiary/aromatic N) is 6. The van der Waals surface area contributed by atoms with E-state index < -0.39 is 12.1 Å². The molecule has 2 amide bonds. The van der Waals surface area contributed by atoms with Crippen LogP contribution >= 0.6 is 11.6 Å². The molecule has 2 heterocycles. The van der Waals surface area contributed by atoms with Gasteiger partial charge in [-0.2, -0.15) is 14.9 Å². The Bertz CT molecular complexity index is 1780. The van der Waals surface area contributed by atoms with Crippen molar-refractivity contribution in [3.05, 3.63) is 125 Å². The molecule has 0 bridgehead atoms. The molecule has 0 radical (unpaired) electrons. The van der Waals surface area contributed by atoms with Crippen molar-refractivity contribution in [3.8, 4) is 16.8 Å². The van der Waals surface area contributed by atoms with Crippen molar-refractivity contribution in [2.45, 2.75) is 12.5 Å². The average molecular weight is 593 g/mol. The summed E-state index contributed by atoms with van der Waals surface area (Å²) < 4.78 is 1.48. The van der Waals surface area contributed by atoms with Crippen LogP contribution in [0.5, 0.6) is 0 Å². The Kier molecular flexibility index (Phi) is 8.93. The van der Waals surface area contributed by atoms with Crippen LogP contribution in [0.25, 0.3) is 29.0 Å². The number of carbonyl (C=O) groups is 2. The van der Waals surface area contributed by atoms with Crippen molar-refractivity contribution in [1.29, 1.82) is 0 Å². The number of carboxylic acid groups (broad SMARTS) is 1. The summed E-state index contributed by atoms with van der Waals surface area (Å²) in [4.78, 5) is 24.3. The van der Waals surface area contributed by atoms with Crippen LogP contribution in [0.2, 0.25) is 5.02 Å². The van der Waals surface area contributed by atoms with Crippen molar-refractivity contribution >= 4 is 41.4 Å². The smallest absolute Gasteiger partial charge is 0.409 e. The summed E-state index contributed by atoms with van der Waals surface area (Å²) in [5.41, 5.74) is 5.32. The molecule has 43 heavy (non-hydrogen) atoms.